The summed E-state index contributed by atoms with van der Waals surface area (Å²) in [6.07, 6.45) is 0. The summed E-state index contributed by atoms with van der Waals surface area (Å²) in [6, 6.07) is 0.554. The van der Waals surface area contributed by atoms with Crippen molar-refractivity contribution in [2.24, 2.45) is 5.73 Å². The Morgan fingerprint density at radius 2 is 2.50 bits per heavy atom. The first kappa shape index (κ1) is 6.92. The molecule has 0 bridgehead atoms. The Balaban J connectivity index is 3.68. The standard InChI is InChI=1S/C4H7N3O/c1-7-4(8)3(6)2-5/h3H,6H2,1H3,(H,7,8)/t3-/m1/s1. The fourth-order valence-corrected chi connectivity index (χ4v) is 0.214. The van der Waals surface area contributed by atoms with Crippen LogP contribution in [-0.2, 0) is 4.79 Å². The van der Waals surface area contributed by atoms with Crippen LogP contribution in [0.5, 0.6) is 0 Å². The second kappa shape index (κ2) is 2.99. The quantitative estimate of drug-likeness (QED) is 0.438. The van der Waals surface area contributed by atoms with Gasteiger partial charge in [0.2, 0.25) is 0 Å². The van der Waals surface area contributed by atoms with E-state index in [1.807, 2.05) is 0 Å². The summed E-state index contributed by atoms with van der Waals surface area (Å²) in [5.41, 5.74) is 4.95. The molecule has 4 nitrogen and oxygen atoms in total. The molecule has 3 N–H and O–H groups in total. The zero-order valence-electron chi connectivity index (χ0n) is 4.51. The molecule has 0 rings (SSSR count). The molecule has 0 unspecified atom stereocenters. The molecule has 0 spiro atoms. The van der Waals surface area contributed by atoms with Crippen molar-refractivity contribution in [2.45, 2.75) is 6.04 Å². The summed E-state index contributed by atoms with van der Waals surface area (Å²) in [5, 5.41) is 10.2. The number of amides is 1. The van der Waals surface area contributed by atoms with Crippen molar-refractivity contribution in [3.63, 3.8) is 0 Å². The zero-order valence-corrected chi connectivity index (χ0v) is 4.51. The Morgan fingerprint density at radius 3 is 2.62 bits per heavy atom. The van der Waals surface area contributed by atoms with Crippen LogP contribution in [0.4, 0.5) is 0 Å². The van der Waals surface area contributed by atoms with Crippen molar-refractivity contribution in [3.8, 4) is 6.07 Å². The largest absolute Gasteiger partial charge is 0.357 e. The SMILES string of the molecule is CNC(=O)[C@H](N)C#N. The maximum atomic E-state index is 10.3. The van der Waals surface area contributed by atoms with Crippen molar-refractivity contribution in [3.05, 3.63) is 0 Å². The lowest BCUT2D eigenvalue weighted by atomic mass is 10.3. The van der Waals surface area contributed by atoms with Gasteiger partial charge < -0.3 is 11.1 Å². The first-order chi connectivity index (χ1) is 3.72. The van der Waals surface area contributed by atoms with Crippen LogP contribution in [0.1, 0.15) is 0 Å². The summed E-state index contributed by atoms with van der Waals surface area (Å²) in [7, 11) is 1.43. The van der Waals surface area contributed by atoms with E-state index < -0.39 is 11.9 Å². The van der Waals surface area contributed by atoms with Gasteiger partial charge in [-0.15, -0.1) is 0 Å². The lowest BCUT2D eigenvalue weighted by molar-refractivity contribution is -0.120. The maximum Gasteiger partial charge on any atom is 0.251 e. The van der Waals surface area contributed by atoms with Gasteiger partial charge in [-0.3, -0.25) is 4.79 Å². The molecule has 0 saturated heterocycles. The van der Waals surface area contributed by atoms with E-state index in [2.05, 4.69) is 5.32 Å². The number of rotatable bonds is 1. The van der Waals surface area contributed by atoms with Gasteiger partial charge >= 0.3 is 0 Å². The van der Waals surface area contributed by atoms with Gasteiger partial charge in [0.15, 0.2) is 6.04 Å². The number of nitrogens with one attached hydrogen (secondary N) is 1. The van der Waals surface area contributed by atoms with E-state index in [4.69, 9.17) is 11.0 Å². The minimum atomic E-state index is -1.03. The lowest BCUT2D eigenvalue weighted by Gasteiger charge is -1.96. The van der Waals surface area contributed by atoms with Crippen LogP contribution >= 0.6 is 0 Å². The number of hydrogen-bond donors (Lipinski definition) is 2. The normalized spacial score (nSPS) is 11.6. The van der Waals surface area contributed by atoms with Crippen molar-refractivity contribution in [1.29, 1.82) is 5.26 Å². The Bertz CT molecular complexity index is 126. The third kappa shape index (κ3) is 1.58. The van der Waals surface area contributed by atoms with Crippen LogP contribution in [-0.4, -0.2) is 19.0 Å². The lowest BCUT2D eigenvalue weighted by Crippen LogP contribution is -2.37. The Morgan fingerprint density at radius 1 is 2.00 bits per heavy atom. The highest BCUT2D eigenvalue weighted by molar-refractivity contribution is 5.83. The van der Waals surface area contributed by atoms with E-state index in [1.54, 1.807) is 6.07 Å². The predicted octanol–water partition coefficient (Wildman–Crippen LogP) is -1.42. The van der Waals surface area contributed by atoms with Gasteiger partial charge in [-0.05, 0) is 0 Å². The summed E-state index contributed by atoms with van der Waals surface area (Å²) >= 11 is 0. The summed E-state index contributed by atoms with van der Waals surface area (Å²) in [6.45, 7) is 0. The average molecular weight is 113 g/mol. The van der Waals surface area contributed by atoms with Crippen molar-refractivity contribution >= 4 is 5.91 Å². The van der Waals surface area contributed by atoms with E-state index in [0.29, 0.717) is 0 Å². The molecule has 0 heterocycles. The summed E-state index contributed by atoms with van der Waals surface area (Å²) in [4.78, 5) is 10.3. The van der Waals surface area contributed by atoms with Gasteiger partial charge in [0, 0.05) is 7.05 Å². The predicted molar refractivity (Wildman–Crippen MR) is 27.7 cm³/mol. The Labute approximate surface area is 47.3 Å². The molecule has 1 amide bonds. The van der Waals surface area contributed by atoms with E-state index in [0.717, 1.165) is 0 Å². The molecule has 4 heteroatoms. The molecule has 0 aromatic rings. The molecule has 44 valence electrons. The van der Waals surface area contributed by atoms with Crippen LogP contribution < -0.4 is 11.1 Å². The van der Waals surface area contributed by atoms with E-state index in [-0.39, 0.29) is 0 Å². The Hall–Kier alpha value is -1.08. The van der Waals surface area contributed by atoms with Crippen molar-refractivity contribution in [1.82, 2.24) is 5.32 Å². The molecule has 0 aliphatic carbocycles. The van der Waals surface area contributed by atoms with Gasteiger partial charge in [0.25, 0.3) is 5.91 Å². The average Bonchev–Trinajstić information content (AvgIpc) is 1.84. The zero-order chi connectivity index (χ0) is 6.57. The first-order valence-electron chi connectivity index (χ1n) is 2.09. The van der Waals surface area contributed by atoms with Gasteiger partial charge in [-0.2, -0.15) is 5.26 Å². The molecular weight excluding hydrogens is 106 g/mol. The molecule has 0 radical (unpaired) electrons. The fraction of sp³-hybridized carbons (Fsp3) is 0.500. The van der Waals surface area contributed by atoms with Crippen LogP contribution in [0.2, 0.25) is 0 Å². The van der Waals surface area contributed by atoms with Crippen LogP contribution in [0.25, 0.3) is 0 Å². The number of likely N-dealkylation sites (N-methyl/N-ethyl adjacent to an activating group) is 1. The second-order valence-electron chi connectivity index (χ2n) is 1.22. The van der Waals surface area contributed by atoms with Crippen LogP contribution in [0.3, 0.4) is 0 Å². The molecule has 0 aromatic heterocycles. The van der Waals surface area contributed by atoms with Gasteiger partial charge in [-0.1, -0.05) is 0 Å². The number of nitrogens with zero attached hydrogens (tertiary/aromatic N) is 1. The monoisotopic (exact) mass is 113 g/mol. The number of hydrogen-bond acceptors (Lipinski definition) is 3. The number of nitriles is 1. The first-order valence-corrected chi connectivity index (χ1v) is 2.09. The second-order valence-corrected chi connectivity index (χ2v) is 1.22. The minimum absolute atomic E-state index is 0.451. The molecule has 1 atom stereocenters. The molecule has 0 fully saturated rings. The van der Waals surface area contributed by atoms with Crippen molar-refractivity contribution < 1.29 is 4.79 Å². The minimum Gasteiger partial charge on any atom is -0.357 e. The smallest absolute Gasteiger partial charge is 0.251 e. The third-order valence-corrected chi connectivity index (χ3v) is 0.668. The highest BCUT2D eigenvalue weighted by Crippen LogP contribution is 1.70. The number of carbonyl (C=O) groups is 1. The number of nitrogens with two attached hydrogens (primary N) is 1. The fourth-order valence-electron chi connectivity index (χ4n) is 0.214. The Kier molecular flexibility index (Phi) is 2.59. The van der Waals surface area contributed by atoms with Gasteiger partial charge in [-0.25, -0.2) is 0 Å². The van der Waals surface area contributed by atoms with Crippen LogP contribution in [0, 0.1) is 11.3 Å². The van der Waals surface area contributed by atoms with E-state index >= 15 is 0 Å². The molecule has 0 aliphatic rings. The van der Waals surface area contributed by atoms with Gasteiger partial charge in [0.05, 0.1) is 6.07 Å². The topological polar surface area (TPSA) is 78.9 Å². The van der Waals surface area contributed by atoms with Crippen LogP contribution in [0.15, 0.2) is 0 Å². The molecule has 0 saturated carbocycles. The molecule has 0 aliphatic heterocycles. The van der Waals surface area contributed by atoms with E-state index in [9.17, 15) is 4.79 Å². The summed E-state index contributed by atoms with van der Waals surface area (Å²) in [5.74, 6) is -0.451. The summed E-state index contributed by atoms with van der Waals surface area (Å²) < 4.78 is 0. The van der Waals surface area contributed by atoms with E-state index in [1.165, 1.54) is 7.05 Å². The molecular formula is C4H7N3O. The number of carbonyl (C=O) groups excluding carboxylic acids is 1. The van der Waals surface area contributed by atoms with Crippen molar-refractivity contribution in [2.75, 3.05) is 7.05 Å². The molecule has 0 aromatic carbocycles. The highest BCUT2D eigenvalue weighted by Gasteiger charge is 2.07. The molecule has 8 heavy (non-hydrogen) atoms. The van der Waals surface area contributed by atoms with Gasteiger partial charge in [0.1, 0.15) is 0 Å². The highest BCUT2D eigenvalue weighted by atomic mass is 16.2. The maximum absolute atomic E-state index is 10.3. The third-order valence-electron chi connectivity index (χ3n) is 0.668.